The maximum Gasteiger partial charge on any atom is 0.325 e. The summed E-state index contributed by atoms with van der Waals surface area (Å²) in [4.78, 5) is 28.3. The van der Waals surface area contributed by atoms with Gasteiger partial charge < -0.3 is 15.1 Å². The van der Waals surface area contributed by atoms with Gasteiger partial charge in [-0.2, -0.15) is 0 Å². The smallest absolute Gasteiger partial charge is 0.325 e. The maximum absolute atomic E-state index is 11.2. The van der Waals surface area contributed by atoms with E-state index in [0.717, 1.165) is 6.42 Å². The molecule has 15 heavy (non-hydrogen) atoms. The van der Waals surface area contributed by atoms with Crippen molar-refractivity contribution >= 4 is 13.5 Å². The molecule has 0 radical (unpaired) electrons. The molecule has 0 aromatic carbocycles. The normalized spacial score (nSPS) is 11.8. The summed E-state index contributed by atoms with van der Waals surface area (Å²) in [5, 5.41) is 2.63. The lowest BCUT2D eigenvalue weighted by Crippen LogP contribution is -2.25. The van der Waals surface area contributed by atoms with Crippen LogP contribution in [0.1, 0.15) is 33.1 Å². The zero-order valence-corrected chi connectivity index (χ0v) is 10.2. The number of nitrogens with one attached hydrogen (secondary N) is 1. The van der Waals surface area contributed by atoms with Crippen LogP contribution in [0.3, 0.4) is 0 Å². The fourth-order valence-corrected chi connectivity index (χ4v) is 1.59. The molecule has 6 heteroatoms. The first-order chi connectivity index (χ1) is 6.81. The molecule has 0 aliphatic heterocycles. The van der Waals surface area contributed by atoms with Gasteiger partial charge in [0.15, 0.2) is 0 Å². The second kappa shape index (κ2) is 6.99. The first-order valence-electron chi connectivity index (χ1n) is 5.12. The van der Waals surface area contributed by atoms with Crippen LogP contribution in [0.5, 0.6) is 0 Å². The zero-order valence-electron chi connectivity index (χ0n) is 9.27. The molecule has 0 aromatic rings. The second-order valence-corrected chi connectivity index (χ2v) is 5.80. The Morgan fingerprint density at radius 2 is 2.00 bits per heavy atom. The summed E-state index contributed by atoms with van der Waals surface area (Å²) >= 11 is 0. The number of hydrogen-bond acceptors (Lipinski definition) is 2. The van der Waals surface area contributed by atoms with Crippen LogP contribution in [0.25, 0.3) is 0 Å². The Kier molecular flexibility index (Phi) is 6.81. The molecular formula is C9H20NO4P. The number of hydrogen-bond donors (Lipinski definition) is 3. The Bertz CT molecular complexity index is 236. The molecule has 0 spiro atoms. The van der Waals surface area contributed by atoms with Crippen molar-refractivity contribution < 1.29 is 19.1 Å². The largest absolute Gasteiger partial charge is 0.356 e. The Morgan fingerprint density at radius 1 is 1.40 bits per heavy atom. The van der Waals surface area contributed by atoms with E-state index in [9.17, 15) is 9.36 Å². The van der Waals surface area contributed by atoms with Crippen LogP contribution in [-0.4, -0.2) is 28.4 Å². The highest BCUT2D eigenvalue weighted by Gasteiger charge is 2.11. The van der Waals surface area contributed by atoms with Gasteiger partial charge in [0.1, 0.15) is 0 Å². The van der Waals surface area contributed by atoms with Crippen LogP contribution in [0, 0.1) is 5.92 Å². The van der Waals surface area contributed by atoms with Crippen LogP contribution >= 0.6 is 7.60 Å². The molecule has 0 saturated heterocycles. The molecule has 0 aromatic heterocycles. The summed E-state index contributed by atoms with van der Waals surface area (Å²) in [6, 6.07) is 0. The van der Waals surface area contributed by atoms with Crippen molar-refractivity contribution in [3.8, 4) is 0 Å². The molecule has 0 aliphatic rings. The number of rotatable bonds is 7. The maximum atomic E-state index is 11.2. The van der Waals surface area contributed by atoms with E-state index in [2.05, 4.69) is 5.32 Å². The lowest BCUT2D eigenvalue weighted by molar-refractivity contribution is -0.121. The van der Waals surface area contributed by atoms with Crippen LogP contribution in [-0.2, 0) is 9.36 Å². The third-order valence-corrected chi connectivity index (χ3v) is 2.80. The van der Waals surface area contributed by atoms with Crippen molar-refractivity contribution in [3.05, 3.63) is 0 Å². The molecule has 3 N–H and O–H groups in total. The third kappa shape index (κ3) is 11.5. The topological polar surface area (TPSA) is 86.6 Å². The highest BCUT2D eigenvalue weighted by Crippen LogP contribution is 2.34. The predicted octanol–water partition coefficient (Wildman–Crippen LogP) is 1.11. The van der Waals surface area contributed by atoms with E-state index >= 15 is 0 Å². The van der Waals surface area contributed by atoms with Gasteiger partial charge in [-0.1, -0.05) is 13.8 Å². The summed E-state index contributed by atoms with van der Waals surface area (Å²) in [5.41, 5.74) is 0. The molecule has 5 nitrogen and oxygen atoms in total. The minimum atomic E-state index is -3.91. The van der Waals surface area contributed by atoms with Gasteiger partial charge in [0, 0.05) is 13.0 Å². The highest BCUT2D eigenvalue weighted by molar-refractivity contribution is 7.51. The lowest BCUT2D eigenvalue weighted by atomic mass is 10.1. The molecule has 0 heterocycles. The molecule has 90 valence electrons. The van der Waals surface area contributed by atoms with E-state index in [4.69, 9.17) is 9.79 Å². The summed E-state index contributed by atoms with van der Waals surface area (Å²) < 4.78 is 10.5. The minimum Gasteiger partial charge on any atom is -0.356 e. The van der Waals surface area contributed by atoms with Crippen molar-refractivity contribution in [2.45, 2.75) is 33.1 Å². The van der Waals surface area contributed by atoms with Gasteiger partial charge in [-0.15, -0.1) is 0 Å². The number of carbonyl (C=O) groups excluding carboxylic acids is 1. The summed E-state index contributed by atoms with van der Waals surface area (Å²) in [5.74, 6) is 0.445. The van der Waals surface area contributed by atoms with Crippen molar-refractivity contribution in [1.82, 2.24) is 5.32 Å². The van der Waals surface area contributed by atoms with Crippen molar-refractivity contribution in [1.29, 1.82) is 0 Å². The molecular weight excluding hydrogens is 217 g/mol. The van der Waals surface area contributed by atoms with E-state index in [1.165, 1.54) is 0 Å². The van der Waals surface area contributed by atoms with Gasteiger partial charge in [-0.3, -0.25) is 9.36 Å². The van der Waals surface area contributed by atoms with Crippen molar-refractivity contribution in [3.63, 3.8) is 0 Å². The van der Waals surface area contributed by atoms with E-state index in [-0.39, 0.29) is 12.1 Å². The monoisotopic (exact) mass is 237 g/mol. The summed E-state index contributed by atoms with van der Waals surface area (Å²) in [7, 11) is -3.91. The summed E-state index contributed by atoms with van der Waals surface area (Å²) in [6.45, 7) is 4.42. The first kappa shape index (κ1) is 14.6. The van der Waals surface area contributed by atoms with Gasteiger partial charge in [0.2, 0.25) is 5.91 Å². The Hall–Kier alpha value is -0.380. The molecule has 0 rings (SSSR count). The van der Waals surface area contributed by atoms with Gasteiger partial charge in [-0.25, -0.2) is 0 Å². The van der Waals surface area contributed by atoms with E-state index in [1.807, 2.05) is 13.8 Å². The third-order valence-electron chi connectivity index (χ3n) is 1.90. The Labute approximate surface area is 90.4 Å². The average molecular weight is 237 g/mol. The number of amides is 1. The van der Waals surface area contributed by atoms with Crippen molar-refractivity contribution in [2.24, 2.45) is 5.92 Å². The molecule has 0 bridgehead atoms. The lowest BCUT2D eigenvalue weighted by Gasteiger charge is -2.07. The predicted molar refractivity (Wildman–Crippen MR) is 58.6 cm³/mol. The molecule has 0 saturated carbocycles. The zero-order chi connectivity index (χ0) is 11.9. The van der Waals surface area contributed by atoms with Crippen LogP contribution in [0.2, 0.25) is 0 Å². The van der Waals surface area contributed by atoms with Gasteiger partial charge in [0.05, 0.1) is 6.16 Å². The SMILES string of the molecule is CC(C)CCC(=O)NCCCP(=O)(O)O. The average Bonchev–Trinajstić information content (AvgIpc) is 2.07. The van der Waals surface area contributed by atoms with Gasteiger partial charge in [-0.05, 0) is 18.8 Å². The van der Waals surface area contributed by atoms with E-state index < -0.39 is 7.60 Å². The minimum absolute atomic E-state index is 0.0468. The Morgan fingerprint density at radius 3 is 2.47 bits per heavy atom. The van der Waals surface area contributed by atoms with Crippen LogP contribution < -0.4 is 5.32 Å². The number of carbonyl (C=O) groups is 1. The van der Waals surface area contributed by atoms with E-state index in [0.29, 0.717) is 25.3 Å². The fourth-order valence-electron chi connectivity index (χ4n) is 1.02. The summed E-state index contributed by atoms with van der Waals surface area (Å²) in [6.07, 6.45) is 1.47. The molecule has 1 amide bonds. The molecule has 0 fully saturated rings. The second-order valence-electron chi connectivity index (χ2n) is 4.02. The van der Waals surface area contributed by atoms with Crippen LogP contribution in [0.15, 0.2) is 0 Å². The standard InChI is InChI=1S/C9H20NO4P/c1-8(2)4-5-9(11)10-6-3-7-15(12,13)14/h8H,3-7H2,1-2H3,(H,10,11)(H2,12,13,14). The Balaban J connectivity index is 3.44. The van der Waals surface area contributed by atoms with Crippen LogP contribution in [0.4, 0.5) is 0 Å². The van der Waals surface area contributed by atoms with Gasteiger partial charge >= 0.3 is 7.60 Å². The first-order valence-corrected chi connectivity index (χ1v) is 6.92. The quantitative estimate of drug-likeness (QED) is 0.457. The molecule has 0 unspecified atom stereocenters. The van der Waals surface area contributed by atoms with Crippen molar-refractivity contribution in [2.75, 3.05) is 12.7 Å². The van der Waals surface area contributed by atoms with Gasteiger partial charge in [0.25, 0.3) is 0 Å². The molecule has 0 aliphatic carbocycles. The van der Waals surface area contributed by atoms with E-state index in [1.54, 1.807) is 0 Å². The molecule has 0 atom stereocenters. The highest BCUT2D eigenvalue weighted by atomic mass is 31.2. The fraction of sp³-hybridized carbons (Fsp3) is 0.889.